The van der Waals surface area contributed by atoms with Gasteiger partial charge in [0.2, 0.25) is 0 Å². The second-order valence-corrected chi connectivity index (χ2v) is 5.97. The Morgan fingerprint density at radius 1 is 1.14 bits per heavy atom. The highest BCUT2D eigenvalue weighted by molar-refractivity contribution is 7.98. The van der Waals surface area contributed by atoms with Gasteiger partial charge in [0, 0.05) is 23.2 Å². The smallest absolute Gasteiger partial charge is 0.126 e. The molecule has 0 spiro atoms. The number of thioether (sulfide) groups is 1. The number of rotatable bonds is 6. The van der Waals surface area contributed by atoms with Crippen LogP contribution in [0.2, 0.25) is 0 Å². The Hall–Kier alpha value is -1.94. The number of pyridine rings is 1. The number of fused-ring (bicyclic) bond motifs is 1. The predicted molar refractivity (Wildman–Crippen MR) is 90.9 cm³/mol. The molecule has 2 heterocycles. The van der Waals surface area contributed by atoms with E-state index in [0.29, 0.717) is 0 Å². The summed E-state index contributed by atoms with van der Waals surface area (Å²) in [6, 6.07) is 16.7. The lowest BCUT2D eigenvalue weighted by atomic mass is 10.3. The number of benzene rings is 1. The lowest BCUT2D eigenvalue weighted by Gasteiger charge is -2.05. The van der Waals surface area contributed by atoms with Crippen LogP contribution in [0.3, 0.4) is 0 Å². The fraction of sp³-hybridized carbons (Fsp3) is 0.235. The molecular formula is C17H19N3S. The van der Waals surface area contributed by atoms with Gasteiger partial charge in [-0.25, -0.2) is 4.98 Å². The van der Waals surface area contributed by atoms with Gasteiger partial charge in [0.1, 0.15) is 5.82 Å². The predicted octanol–water partition coefficient (Wildman–Crippen LogP) is 4.68. The molecule has 108 valence electrons. The molecule has 3 aromatic rings. The minimum Gasteiger partial charge on any atom is -0.370 e. The molecule has 2 N–H and O–H groups in total. The topological polar surface area (TPSA) is 40.7 Å². The first-order chi connectivity index (χ1) is 10.3. The van der Waals surface area contributed by atoms with Crippen LogP contribution < -0.4 is 5.32 Å². The molecule has 4 heteroatoms. The average molecular weight is 297 g/mol. The van der Waals surface area contributed by atoms with Crippen molar-refractivity contribution in [1.82, 2.24) is 9.97 Å². The minimum atomic E-state index is 0.870. The van der Waals surface area contributed by atoms with Crippen molar-refractivity contribution in [1.29, 1.82) is 0 Å². The standard InChI is InChI=1S/C17H19N3S/c1-2-10-18-16-9-5-7-14(19-16)12-21-17-11-13-6-3-4-8-15(13)20-17/h3-9,11,20H,2,10,12H2,1H3,(H,18,19). The van der Waals surface area contributed by atoms with Gasteiger partial charge in [0.05, 0.1) is 10.7 Å². The van der Waals surface area contributed by atoms with Crippen LogP contribution in [0.15, 0.2) is 53.6 Å². The number of hydrogen-bond donors (Lipinski definition) is 2. The van der Waals surface area contributed by atoms with Crippen LogP contribution in [0.1, 0.15) is 19.0 Å². The number of para-hydroxylation sites is 1. The van der Waals surface area contributed by atoms with Gasteiger partial charge in [-0.2, -0.15) is 0 Å². The summed E-state index contributed by atoms with van der Waals surface area (Å²) < 4.78 is 0. The maximum atomic E-state index is 4.63. The van der Waals surface area contributed by atoms with E-state index in [1.807, 2.05) is 6.07 Å². The fourth-order valence-corrected chi connectivity index (χ4v) is 3.04. The Bertz CT molecular complexity index is 688. The highest BCUT2D eigenvalue weighted by Gasteiger charge is 2.03. The summed E-state index contributed by atoms with van der Waals surface area (Å²) in [7, 11) is 0. The third-order valence-electron chi connectivity index (χ3n) is 3.24. The van der Waals surface area contributed by atoms with Crippen molar-refractivity contribution in [3.8, 4) is 0 Å². The molecule has 0 saturated carbocycles. The van der Waals surface area contributed by atoms with E-state index in [9.17, 15) is 0 Å². The maximum Gasteiger partial charge on any atom is 0.126 e. The highest BCUT2D eigenvalue weighted by Crippen LogP contribution is 2.25. The molecule has 0 aliphatic rings. The summed E-state index contributed by atoms with van der Waals surface area (Å²) in [5.41, 5.74) is 2.28. The first-order valence-corrected chi connectivity index (χ1v) is 8.24. The van der Waals surface area contributed by atoms with Crippen LogP contribution in [-0.4, -0.2) is 16.5 Å². The van der Waals surface area contributed by atoms with Crippen LogP contribution in [0.4, 0.5) is 5.82 Å². The Balaban J connectivity index is 1.66. The summed E-state index contributed by atoms with van der Waals surface area (Å²) in [5.74, 6) is 1.83. The van der Waals surface area contributed by atoms with Gasteiger partial charge >= 0.3 is 0 Å². The first-order valence-electron chi connectivity index (χ1n) is 7.25. The van der Waals surface area contributed by atoms with E-state index < -0.39 is 0 Å². The zero-order valence-electron chi connectivity index (χ0n) is 12.1. The van der Waals surface area contributed by atoms with Crippen LogP contribution >= 0.6 is 11.8 Å². The SMILES string of the molecule is CCCNc1cccc(CSc2cc3ccccc3[nH]2)n1. The quantitative estimate of drug-likeness (QED) is 0.649. The average Bonchev–Trinajstić information content (AvgIpc) is 2.94. The molecule has 3 nitrogen and oxygen atoms in total. The third kappa shape index (κ3) is 3.58. The molecule has 3 rings (SSSR count). The van der Waals surface area contributed by atoms with Crippen molar-refractivity contribution < 1.29 is 0 Å². The molecule has 1 aromatic carbocycles. The van der Waals surface area contributed by atoms with Crippen LogP contribution in [0, 0.1) is 0 Å². The van der Waals surface area contributed by atoms with Gasteiger partial charge in [-0.05, 0) is 30.7 Å². The Morgan fingerprint density at radius 2 is 2.05 bits per heavy atom. The Morgan fingerprint density at radius 3 is 2.90 bits per heavy atom. The van der Waals surface area contributed by atoms with E-state index in [2.05, 4.69) is 64.7 Å². The number of anilines is 1. The van der Waals surface area contributed by atoms with E-state index in [1.54, 1.807) is 11.8 Å². The zero-order chi connectivity index (χ0) is 14.5. The summed E-state index contributed by atoms with van der Waals surface area (Å²) in [6.07, 6.45) is 1.11. The van der Waals surface area contributed by atoms with E-state index >= 15 is 0 Å². The molecular weight excluding hydrogens is 278 g/mol. The zero-order valence-corrected chi connectivity index (χ0v) is 12.9. The monoisotopic (exact) mass is 297 g/mol. The van der Waals surface area contributed by atoms with Gasteiger partial charge in [-0.3, -0.25) is 0 Å². The number of nitrogens with zero attached hydrogens (tertiary/aromatic N) is 1. The van der Waals surface area contributed by atoms with Gasteiger partial charge < -0.3 is 10.3 Å². The molecule has 0 aliphatic heterocycles. The van der Waals surface area contributed by atoms with Crippen LogP contribution in [0.5, 0.6) is 0 Å². The second kappa shape index (κ2) is 6.68. The Kier molecular flexibility index (Phi) is 4.46. The van der Waals surface area contributed by atoms with Crippen molar-refractivity contribution >= 4 is 28.5 Å². The number of aromatic nitrogens is 2. The van der Waals surface area contributed by atoms with Crippen molar-refractivity contribution in [3.63, 3.8) is 0 Å². The van der Waals surface area contributed by atoms with Crippen molar-refractivity contribution in [3.05, 3.63) is 54.2 Å². The maximum absolute atomic E-state index is 4.63. The van der Waals surface area contributed by atoms with Gasteiger partial charge in [-0.15, -0.1) is 11.8 Å². The molecule has 2 aromatic heterocycles. The fourth-order valence-electron chi connectivity index (χ4n) is 2.19. The number of hydrogen-bond acceptors (Lipinski definition) is 3. The van der Waals surface area contributed by atoms with E-state index in [4.69, 9.17) is 0 Å². The van der Waals surface area contributed by atoms with Gasteiger partial charge in [0.15, 0.2) is 0 Å². The van der Waals surface area contributed by atoms with E-state index in [-0.39, 0.29) is 0 Å². The summed E-state index contributed by atoms with van der Waals surface area (Å²) >= 11 is 1.79. The molecule has 21 heavy (non-hydrogen) atoms. The molecule has 0 unspecified atom stereocenters. The second-order valence-electron chi connectivity index (χ2n) is 4.95. The number of nitrogens with one attached hydrogen (secondary N) is 2. The third-order valence-corrected chi connectivity index (χ3v) is 4.21. The molecule has 0 aliphatic carbocycles. The molecule has 0 atom stereocenters. The van der Waals surface area contributed by atoms with E-state index in [1.165, 1.54) is 15.9 Å². The van der Waals surface area contributed by atoms with Crippen molar-refractivity contribution in [2.24, 2.45) is 0 Å². The number of H-pyrrole nitrogens is 1. The van der Waals surface area contributed by atoms with Crippen molar-refractivity contribution in [2.45, 2.75) is 24.1 Å². The van der Waals surface area contributed by atoms with E-state index in [0.717, 1.165) is 30.2 Å². The summed E-state index contributed by atoms with van der Waals surface area (Å²) in [4.78, 5) is 8.07. The molecule has 0 radical (unpaired) electrons. The number of aromatic amines is 1. The summed E-state index contributed by atoms with van der Waals surface area (Å²) in [6.45, 7) is 3.12. The first kappa shape index (κ1) is 14.0. The lowest BCUT2D eigenvalue weighted by molar-refractivity contribution is 0.965. The molecule has 0 amide bonds. The summed E-state index contributed by atoms with van der Waals surface area (Å²) in [5, 5.41) is 5.77. The largest absolute Gasteiger partial charge is 0.370 e. The highest BCUT2D eigenvalue weighted by atomic mass is 32.2. The van der Waals surface area contributed by atoms with Crippen molar-refractivity contribution in [2.75, 3.05) is 11.9 Å². The minimum absolute atomic E-state index is 0.870. The molecule has 0 fully saturated rings. The molecule has 0 bridgehead atoms. The Labute approximate surface area is 129 Å². The molecule has 0 saturated heterocycles. The normalized spacial score (nSPS) is 10.9. The lowest BCUT2D eigenvalue weighted by Crippen LogP contribution is -2.02. The van der Waals surface area contributed by atoms with Crippen LogP contribution in [-0.2, 0) is 5.75 Å². The van der Waals surface area contributed by atoms with Gasteiger partial charge in [0.25, 0.3) is 0 Å². The van der Waals surface area contributed by atoms with Gasteiger partial charge in [-0.1, -0.05) is 31.2 Å². The van der Waals surface area contributed by atoms with Crippen LogP contribution in [0.25, 0.3) is 10.9 Å².